The first-order valence-corrected chi connectivity index (χ1v) is 4.78. The molecule has 4 nitrogen and oxygen atoms in total. The Balaban J connectivity index is 2.22. The molecule has 0 amide bonds. The van der Waals surface area contributed by atoms with Crippen molar-refractivity contribution >= 4 is 5.95 Å². The molecule has 0 saturated heterocycles. The van der Waals surface area contributed by atoms with E-state index in [0.29, 0.717) is 11.4 Å². The molecule has 0 unspecified atom stereocenters. The lowest BCUT2D eigenvalue weighted by Crippen LogP contribution is -2.05. The zero-order valence-corrected chi connectivity index (χ0v) is 8.62. The van der Waals surface area contributed by atoms with Gasteiger partial charge in [-0.25, -0.2) is 0 Å². The molecular formula is C10H9F3N4. The number of alkyl halides is 3. The molecule has 7 heteroatoms. The Morgan fingerprint density at radius 3 is 2.65 bits per heavy atom. The Bertz CT molecular complexity index is 518. The van der Waals surface area contributed by atoms with Crippen LogP contribution in [0.2, 0.25) is 0 Å². The zero-order valence-electron chi connectivity index (χ0n) is 8.62. The topological polar surface area (TPSA) is 67.6 Å². The van der Waals surface area contributed by atoms with Gasteiger partial charge >= 0.3 is 6.18 Å². The molecule has 0 atom stereocenters. The number of benzene rings is 1. The van der Waals surface area contributed by atoms with Gasteiger partial charge in [-0.3, -0.25) is 5.10 Å². The van der Waals surface area contributed by atoms with Crippen LogP contribution in [0.25, 0.3) is 0 Å². The molecule has 3 N–H and O–H groups in total. The highest BCUT2D eigenvalue weighted by molar-refractivity contribution is 5.28. The second kappa shape index (κ2) is 4.08. The highest BCUT2D eigenvalue weighted by Crippen LogP contribution is 2.29. The van der Waals surface area contributed by atoms with Gasteiger partial charge in [-0.2, -0.15) is 18.2 Å². The van der Waals surface area contributed by atoms with E-state index in [1.165, 1.54) is 6.07 Å². The first-order valence-electron chi connectivity index (χ1n) is 4.78. The number of nitrogens with one attached hydrogen (secondary N) is 1. The molecule has 0 aliphatic heterocycles. The fraction of sp³-hybridized carbons (Fsp3) is 0.200. The Morgan fingerprint density at radius 1 is 1.29 bits per heavy atom. The minimum absolute atomic E-state index is 0.0759. The number of anilines is 1. The van der Waals surface area contributed by atoms with Gasteiger partial charge in [0.15, 0.2) is 0 Å². The lowest BCUT2D eigenvalue weighted by atomic mass is 10.1. The van der Waals surface area contributed by atoms with E-state index in [4.69, 9.17) is 5.73 Å². The largest absolute Gasteiger partial charge is 0.416 e. The standard InChI is InChI=1S/C10H9F3N4/c11-10(12,13)7-3-1-2-6(4-7)5-8-15-9(14)17-16-8/h1-4H,5H2,(H3,14,15,16,17). The Kier molecular flexibility index (Phi) is 2.74. The Hall–Kier alpha value is -2.05. The number of H-pyrrole nitrogens is 1. The molecule has 1 aromatic carbocycles. The van der Waals surface area contributed by atoms with Gasteiger partial charge in [-0.05, 0) is 11.6 Å². The lowest BCUT2D eigenvalue weighted by molar-refractivity contribution is -0.137. The van der Waals surface area contributed by atoms with Gasteiger partial charge in [0, 0.05) is 6.42 Å². The van der Waals surface area contributed by atoms with E-state index >= 15 is 0 Å². The summed E-state index contributed by atoms with van der Waals surface area (Å²) in [6.07, 6.45) is -4.11. The first-order chi connectivity index (χ1) is 7.95. The minimum Gasteiger partial charge on any atom is -0.367 e. The zero-order chi connectivity index (χ0) is 12.5. The third-order valence-corrected chi connectivity index (χ3v) is 2.17. The molecule has 0 bridgehead atoms. The molecule has 0 radical (unpaired) electrons. The van der Waals surface area contributed by atoms with Crippen molar-refractivity contribution in [2.75, 3.05) is 5.73 Å². The molecule has 2 aromatic rings. The fourth-order valence-corrected chi connectivity index (χ4v) is 1.44. The third kappa shape index (κ3) is 2.74. The van der Waals surface area contributed by atoms with Crippen LogP contribution < -0.4 is 5.73 Å². The monoisotopic (exact) mass is 242 g/mol. The number of nitrogens with zero attached hydrogens (tertiary/aromatic N) is 2. The van der Waals surface area contributed by atoms with Crippen molar-refractivity contribution in [1.29, 1.82) is 0 Å². The van der Waals surface area contributed by atoms with Gasteiger partial charge in [-0.15, -0.1) is 5.10 Å². The van der Waals surface area contributed by atoms with Crippen molar-refractivity contribution in [2.45, 2.75) is 12.6 Å². The van der Waals surface area contributed by atoms with E-state index in [-0.39, 0.29) is 12.4 Å². The molecule has 2 rings (SSSR count). The maximum Gasteiger partial charge on any atom is 0.416 e. The number of hydrogen-bond acceptors (Lipinski definition) is 3. The summed E-state index contributed by atoms with van der Waals surface area (Å²) in [4.78, 5) is 3.83. The quantitative estimate of drug-likeness (QED) is 0.846. The van der Waals surface area contributed by atoms with Crippen LogP contribution in [0.5, 0.6) is 0 Å². The SMILES string of the molecule is Nc1n[nH]c(Cc2cccc(C(F)(F)F)c2)n1. The van der Waals surface area contributed by atoms with Crippen LogP contribution in [0.4, 0.5) is 19.1 Å². The molecule has 1 heterocycles. The highest BCUT2D eigenvalue weighted by Gasteiger charge is 2.30. The normalized spacial score (nSPS) is 11.7. The smallest absolute Gasteiger partial charge is 0.367 e. The van der Waals surface area contributed by atoms with E-state index in [9.17, 15) is 13.2 Å². The van der Waals surface area contributed by atoms with Crippen molar-refractivity contribution in [3.63, 3.8) is 0 Å². The maximum atomic E-state index is 12.5. The molecule has 17 heavy (non-hydrogen) atoms. The van der Waals surface area contributed by atoms with Crippen molar-refractivity contribution in [2.24, 2.45) is 0 Å². The summed E-state index contributed by atoms with van der Waals surface area (Å²) in [5, 5.41) is 6.15. The molecule has 0 fully saturated rings. The van der Waals surface area contributed by atoms with Crippen LogP contribution in [-0.4, -0.2) is 15.2 Å². The predicted octanol–water partition coefficient (Wildman–Crippen LogP) is 2.00. The van der Waals surface area contributed by atoms with Crippen molar-refractivity contribution in [1.82, 2.24) is 15.2 Å². The summed E-state index contributed by atoms with van der Waals surface area (Å²) in [7, 11) is 0. The van der Waals surface area contributed by atoms with Crippen LogP contribution in [0.3, 0.4) is 0 Å². The summed E-state index contributed by atoms with van der Waals surface area (Å²) in [5.74, 6) is 0.508. The van der Waals surface area contributed by atoms with Gasteiger partial charge in [0.05, 0.1) is 5.56 Å². The number of nitrogens with two attached hydrogens (primary N) is 1. The number of halogens is 3. The highest BCUT2D eigenvalue weighted by atomic mass is 19.4. The summed E-state index contributed by atoms with van der Waals surface area (Å²) < 4.78 is 37.4. The fourth-order valence-electron chi connectivity index (χ4n) is 1.44. The van der Waals surface area contributed by atoms with E-state index in [1.54, 1.807) is 6.07 Å². The Labute approximate surface area is 94.7 Å². The summed E-state index contributed by atoms with van der Waals surface area (Å²) in [6, 6.07) is 5.06. The van der Waals surface area contributed by atoms with E-state index in [0.717, 1.165) is 12.1 Å². The van der Waals surface area contributed by atoms with Gasteiger partial charge < -0.3 is 5.73 Å². The molecule has 0 spiro atoms. The average Bonchev–Trinajstić information content (AvgIpc) is 2.63. The van der Waals surface area contributed by atoms with Gasteiger partial charge in [0.1, 0.15) is 5.82 Å². The number of aromatic nitrogens is 3. The third-order valence-electron chi connectivity index (χ3n) is 2.17. The summed E-state index contributed by atoms with van der Waals surface area (Å²) >= 11 is 0. The van der Waals surface area contributed by atoms with Crippen LogP contribution in [0.1, 0.15) is 17.0 Å². The van der Waals surface area contributed by atoms with Crippen molar-refractivity contribution < 1.29 is 13.2 Å². The first kappa shape index (κ1) is 11.4. The second-order valence-corrected chi connectivity index (χ2v) is 3.52. The molecule has 0 saturated carbocycles. The van der Waals surface area contributed by atoms with E-state index in [2.05, 4.69) is 15.2 Å². The molecule has 0 aliphatic carbocycles. The van der Waals surface area contributed by atoms with Gasteiger partial charge in [0.25, 0.3) is 0 Å². The lowest BCUT2D eigenvalue weighted by Gasteiger charge is -2.07. The van der Waals surface area contributed by atoms with E-state index in [1.807, 2.05) is 0 Å². The second-order valence-electron chi connectivity index (χ2n) is 3.52. The molecule has 0 aliphatic rings. The number of aromatic amines is 1. The van der Waals surface area contributed by atoms with Gasteiger partial charge in [0.2, 0.25) is 5.95 Å². The van der Waals surface area contributed by atoms with Crippen LogP contribution in [0, 0.1) is 0 Å². The minimum atomic E-state index is -4.34. The maximum absolute atomic E-state index is 12.5. The van der Waals surface area contributed by atoms with Crippen LogP contribution >= 0.6 is 0 Å². The Morgan fingerprint density at radius 2 is 2.06 bits per heavy atom. The molecular weight excluding hydrogens is 233 g/mol. The number of rotatable bonds is 2. The van der Waals surface area contributed by atoms with Gasteiger partial charge in [-0.1, -0.05) is 18.2 Å². The summed E-state index contributed by atoms with van der Waals surface area (Å²) in [6.45, 7) is 0. The van der Waals surface area contributed by atoms with Crippen LogP contribution in [-0.2, 0) is 12.6 Å². The van der Waals surface area contributed by atoms with Crippen molar-refractivity contribution in [3.8, 4) is 0 Å². The summed E-state index contributed by atoms with van der Waals surface area (Å²) in [5.41, 5.74) is 5.12. The number of nitrogen functional groups attached to an aromatic ring is 1. The average molecular weight is 242 g/mol. The van der Waals surface area contributed by atoms with Crippen LogP contribution in [0.15, 0.2) is 24.3 Å². The van der Waals surface area contributed by atoms with Crippen molar-refractivity contribution in [3.05, 3.63) is 41.2 Å². The number of hydrogen-bond donors (Lipinski definition) is 2. The molecule has 1 aromatic heterocycles. The molecule has 90 valence electrons. The van der Waals surface area contributed by atoms with E-state index < -0.39 is 11.7 Å². The predicted molar refractivity (Wildman–Crippen MR) is 55.0 cm³/mol.